The van der Waals surface area contributed by atoms with Gasteiger partial charge in [0.15, 0.2) is 0 Å². The molecule has 4 aromatic rings. The highest BCUT2D eigenvalue weighted by molar-refractivity contribution is 5.58. The number of halogens is 1. The Bertz CT molecular complexity index is 1590. The Labute approximate surface area is 202 Å². The number of hydrogen-bond donors (Lipinski definition) is 0. The van der Waals surface area contributed by atoms with Crippen LogP contribution in [0, 0.1) is 12.7 Å². The summed E-state index contributed by atoms with van der Waals surface area (Å²) in [5.74, 6) is 0.368. The van der Waals surface area contributed by atoms with Crippen molar-refractivity contribution in [2.75, 3.05) is 7.11 Å². The first-order chi connectivity index (χ1) is 16.7. The molecule has 0 spiro atoms. The standard InChI is InChI=1S/C27H28FN5O2/c1-17-14-31(16-29-17)22-11-6-19(13-24(22)35-5)12-23-25(34)33(26-30-27(3,4)15-32(23)26)18(2)20-7-9-21(28)10-8-20/h6-14,16,18H,15H2,1-5H3. The normalized spacial score (nSPS) is 15.7. The lowest BCUT2D eigenvalue weighted by atomic mass is 10.1. The smallest absolute Gasteiger partial charge is 0.277 e. The third-order valence-corrected chi connectivity index (χ3v) is 6.37. The second kappa shape index (κ2) is 8.37. The van der Waals surface area contributed by atoms with Gasteiger partial charge < -0.3 is 13.9 Å². The van der Waals surface area contributed by atoms with Gasteiger partial charge in [0.2, 0.25) is 5.62 Å². The Kier molecular flexibility index (Phi) is 5.46. The van der Waals surface area contributed by atoms with E-state index < -0.39 is 0 Å². The van der Waals surface area contributed by atoms with Gasteiger partial charge in [-0.1, -0.05) is 18.2 Å². The summed E-state index contributed by atoms with van der Waals surface area (Å²) in [6.45, 7) is 8.56. The molecule has 1 unspecified atom stereocenters. The SMILES string of the molecule is COc1cc(C=c2c(=O)n(C(C)c3ccc(F)cc3)c3n2CC(C)(C)N=3)ccc1-n1cnc(C)c1. The number of methoxy groups -OCH3 is 1. The summed E-state index contributed by atoms with van der Waals surface area (Å²) in [4.78, 5) is 22.8. The highest BCUT2D eigenvalue weighted by Crippen LogP contribution is 2.25. The van der Waals surface area contributed by atoms with E-state index in [-0.39, 0.29) is 23.0 Å². The molecule has 0 aliphatic carbocycles. The summed E-state index contributed by atoms with van der Waals surface area (Å²) in [6.07, 6.45) is 5.55. The zero-order valence-corrected chi connectivity index (χ0v) is 20.5. The average molecular weight is 474 g/mol. The van der Waals surface area contributed by atoms with E-state index >= 15 is 0 Å². The molecule has 8 heteroatoms. The van der Waals surface area contributed by atoms with E-state index in [0.717, 1.165) is 22.5 Å². The van der Waals surface area contributed by atoms with Crippen LogP contribution in [0.25, 0.3) is 11.8 Å². The highest BCUT2D eigenvalue weighted by Gasteiger charge is 2.29. The van der Waals surface area contributed by atoms with Crippen molar-refractivity contribution in [3.05, 3.63) is 98.9 Å². The monoisotopic (exact) mass is 473 g/mol. The van der Waals surface area contributed by atoms with Gasteiger partial charge in [-0.25, -0.2) is 14.4 Å². The Morgan fingerprint density at radius 1 is 1.17 bits per heavy atom. The number of aryl methyl sites for hydroxylation is 1. The molecule has 2 aromatic heterocycles. The molecule has 7 nitrogen and oxygen atoms in total. The molecule has 0 bridgehead atoms. The van der Waals surface area contributed by atoms with E-state index in [1.54, 1.807) is 30.1 Å². The van der Waals surface area contributed by atoms with E-state index in [1.807, 2.05) is 67.3 Å². The molecular weight excluding hydrogens is 445 g/mol. The van der Waals surface area contributed by atoms with Crippen LogP contribution in [0.5, 0.6) is 5.75 Å². The molecule has 5 rings (SSSR count). The molecule has 180 valence electrons. The maximum atomic E-state index is 13.7. The molecule has 1 aliphatic rings. The third-order valence-electron chi connectivity index (χ3n) is 6.37. The fourth-order valence-corrected chi connectivity index (χ4v) is 4.62. The first kappa shape index (κ1) is 22.8. The van der Waals surface area contributed by atoms with Crippen molar-refractivity contribution >= 4 is 6.08 Å². The minimum Gasteiger partial charge on any atom is -0.495 e. The van der Waals surface area contributed by atoms with E-state index in [2.05, 4.69) is 4.98 Å². The lowest BCUT2D eigenvalue weighted by Gasteiger charge is -2.14. The maximum absolute atomic E-state index is 13.7. The molecular formula is C27H28FN5O2. The van der Waals surface area contributed by atoms with Gasteiger partial charge in [-0.05, 0) is 69.2 Å². The maximum Gasteiger partial charge on any atom is 0.277 e. The second-order valence-corrected chi connectivity index (χ2v) is 9.60. The molecule has 3 heterocycles. The van der Waals surface area contributed by atoms with Crippen molar-refractivity contribution in [3.63, 3.8) is 0 Å². The van der Waals surface area contributed by atoms with E-state index in [4.69, 9.17) is 9.73 Å². The first-order valence-electron chi connectivity index (χ1n) is 11.5. The predicted octanol–water partition coefficient (Wildman–Crippen LogP) is 3.14. The average Bonchev–Trinajstić information content (AvgIpc) is 3.45. The van der Waals surface area contributed by atoms with E-state index in [1.165, 1.54) is 12.1 Å². The van der Waals surface area contributed by atoms with Crippen LogP contribution in [0.3, 0.4) is 0 Å². The van der Waals surface area contributed by atoms with Crippen molar-refractivity contribution < 1.29 is 9.13 Å². The van der Waals surface area contributed by atoms with Crippen LogP contribution in [0.2, 0.25) is 0 Å². The molecule has 0 fully saturated rings. The summed E-state index contributed by atoms with van der Waals surface area (Å²) >= 11 is 0. The first-order valence-corrected chi connectivity index (χ1v) is 11.5. The molecule has 0 saturated carbocycles. The van der Waals surface area contributed by atoms with E-state index in [0.29, 0.717) is 23.3 Å². The van der Waals surface area contributed by atoms with Gasteiger partial charge in [-0.15, -0.1) is 0 Å². The van der Waals surface area contributed by atoms with Crippen LogP contribution in [-0.2, 0) is 6.54 Å². The quantitative estimate of drug-likeness (QED) is 0.447. The minimum absolute atomic E-state index is 0.135. The highest BCUT2D eigenvalue weighted by atomic mass is 19.1. The van der Waals surface area contributed by atoms with Crippen LogP contribution >= 0.6 is 0 Å². The van der Waals surface area contributed by atoms with Gasteiger partial charge in [0, 0.05) is 6.20 Å². The molecule has 2 aromatic carbocycles. The third kappa shape index (κ3) is 4.09. The lowest BCUT2D eigenvalue weighted by molar-refractivity contribution is 0.413. The largest absolute Gasteiger partial charge is 0.495 e. The van der Waals surface area contributed by atoms with Crippen LogP contribution in [0.4, 0.5) is 4.39 Å². The molecule has 0 N–H and O–H groups in total. The van der Waals surface area contributed by atoms with Crippen LogP contribution in [0.1, 0.15) is 43.6 Å². The summed E-state index contributed by atoms with van der Waals surface area (Å²) in [6, 6.07) is 11.8. The Hall–Kier alpha value is -3.94. The molecule has 0 saturated heterocycles. The number of imidazole rings is 2. The summed E-state index contributed by atoms with van der Waals surface area (Å²) < 4.78 is 24.7. The molecule has 0 radical (unpaired) electrons. The number of fused-ring (bicyclic) bond motifs is 1. The lowest BCUT2D eigenvalue weighted by Crippen LogP contribution is -2.36. The van der Waals surface area contributed by atoms with Crippen molar-refractivity contribution in [1.29, 1.82) is 0 Å². The van der Waals surface area contributed by atoms with Gasteiger partial charge in [0.05, 0.1) is 42.9 Å². The Morgan fingerprint density at radius 2 is 1.91 bits per heavy atom. The molecule has 1 atom stereocenters. The molecule has 1 aliphatic heterocycles. The molecule has 0 amide bonds. The number of nitrogens with zero attached hydrogens (tertiary/aromatic N) is 5. The fourth-order valence-electron chi connectivity index (χ4n) is 4.62. The fraction of sp³-hybridized carbons (Fsp3) is 0.296. The number of benzene rings is 2. The topological polar surface area (TPSA) is 66.3 Å². The van der Waals surface area contributed by atoms with Gasteiger partial charge in [-0.3, -0.25) is 9.36 Å². The van der Waals surface area contributed by atoms with Crippen molar-refractivity contribution in [2.45, 2.75) is 45.8 Å². The number of aromatic nitrogens is 4. The number of rotatable bonds is 5. The van der Waals surface area contributed by atoms with Gasteiger partial charge in [0.1, 0.15) is 16.9 Å². The van der Waals surface area contributed by atoms with Gasteiger partial charge >= 0.3 is 0 Å². The van der Waals surface area contributed by atoms with Gasteiger partial charge in [0.25, 0.3) is 5.56 Å². The second-order valence-electron chi connectivity index (χ2n) is 9.60. The minimum atomic E-state index is -0.337. The van der Waals surface area contributed by atoms with Crippen molar-refractivity contribution in [1.82, 2.24) is 18.7 Å². The van der Waals surface area contributed by atoms with Crippen LogP contribution in [-0.4, -0.2) is 31.3 Å². The number of ether oxygens (including phenoxy) is 1. The summed E-state index contributed by atoms with van der Waals surface area (Å²) in [7, 11) is 1.63. The van der Waals surface area contributed by atoms with Crippen LogP contribution < -0.4 is 21.3 Å². The zero-order chi connectivity index (χ0) is 24.9. The van der Waals surface area contributed by atoms with Crippen molar-refractivity contribution in [2.24, 2.45) is 4.99 Å². The number of hydrogen-bond acceptors (Lipinski definition) is 4. The Balaban J connectivity index is 1.66. The molecule has 35 heavy (non-hydrogen) atoms. The van der Waals surface area contributed by atoms with Crippen LogP contribution in [0.15, 0.2) is 64.8 Å². The van der Waals surface area contributed by atoms with E-state index in [9.17, 15) is 9.18 Å². The van der Waals surface area contributed by atoms with Gasteiger partial charge in [-0.2, -0.15) is 0 Å². The zero-order valence-electron chi connectivity index (χ0n) is 20.5. The summed E-state index contributed by atoms with van der Waals surface area (Å²) in [5, 5.41) is 0.552. The Morgan fingerprint density at radius 3 is 2.57 bits per heavy atom. The summed E-state index contributed by atoms with van der Waals surface area (Å²) in [5.41, 5.74) is 3.61. The predicted molar refractivity (Wildman–Crippen MR) is 132 cm³/mol. The van der Waals surface area contributed by atoms with Crippen molar-refractivity contribution in [3.8, 4) is 11.4 Å².